The summed E-state index contributed by atoms with van der Waals surface area (Å²) in [6, 6.07) is 9.80. The van der Waals surface area contributed by atoms with E-state index in [9.17, 15) is 9.59 Å². The molecule has 0 aromatic heterocycles. The van der Waals surface area contributed by atoms with Crippen molar-refractivity contribution in [2.75, 3.05) is 32.6 Å². The first-order valence-electron chi connectivity index (χ1n) is 8.16. The third-order valence-electron chi connectivity index (χ3n) is 3.87. The van der Waals surface area contributed by atoms with Crippen LogP contribution in [0.4, 0.5) is 5.69 Å². The van der Waals surface area contributed by atoms with Gasteiger partial charge in [-0.05, 0) is 31.2 Å². The van der Waals surface area contributed by atoms with Crippen LogP contribution in [-0.2, 0) is 4.79 Å². The molecule has 0 fully saturated rings. The average molecular weight is 411 g/mol. The first kappa shape index (κ1) is 20.9. The summed E-state index contributed by atoms with van der Waals surface area (Å²) in [5, 5.41) is 3.29. The molecule has 0 bridgehead atoms. The van der Waals surface area contributed by atoms with Gasteiger partial charge in [0.05, 0.1) is 35.5 Å². The molecule has 0 aliphatic carbocycles. The maximum atomic E-state index is 12.9. The van der Waals surface area contributed by atoms with E-state index in [4.69, 9.17) is 32.7 Å². The van der Waals surface area contributed by atoms with Gasteiger partial charge in [-0.15, -0.1) is 0 Å². The minimum atomic E-state index is -0.410. The van der Waals surface area contributed by atoms with E-state index in [2.05, 4.69) is 5.32 Å². The summed E-state index contributed by atoms with van der Waals surface area (Å²) in [6.07, 6.45) is 0. The number of amides is 2. The second-order valence-corrected chi connectivity index (χ2v) is 6.34. The van der Waals surface area contributed by atoms with Gasteiger partial charge in [0.25, 0.3) is 5.91 Å². The van der Waals surface area contributed by atoms with Crippen LogP contribution in [0.1, 0.15) is 17.3 Å². The highest BCUT2D eigenvalue weighted by Crippen LogP contribution is 2.30. The first-order chi connectivity index (χ1) is 12.9. The van der Waals surface area contributed by atoms with Crippen molar-refractivity contribution in [3.8, 4) is 11.5 Å². The van der Waals surface area contributed by atoms with E-state index < -0.39 is 5.91 Å². The van der Waals surface area contributed by atoms with Crippen molar-refractivity contribution in [2.45, 2.75) is 6.92 Å². The quantitative estimate of drug-likeness (QED) is 0.745. The van der Waals surface area contributed by atoms with Crippen LogP contribution >= 0.6 is 23.2 Å². The molecule has 0 radical (unpaired) electrons. The van der Waals surface area contributed by atoms with Crippen LogP contribution in [0, 0.1) is 0 Å². The Labute approximate surface area is 168 Å². The number of rotatable bonds is 7. The third kappa shape index (κ3) is 5.05. The molecule has 6 nitrogen and oxygen atoms in total. The summed E-state index contributed by atoms with van der Waals surface area (Å²) >= 11 is 12.1. The van der Waals surface area contributed by atoms with Gasteiger partial charge in [0.15, 0.2) is 0 Å². The molecule has 2 rings (SSSR count). The number of likely N-dealkylation sites (N-methyl/N-ethyl adjacent to an activating group) is 1. The molecule has 2 aromatic rings. The molecule has 27 heavy (non-hydrogen) atoms. The molecular formula is C19H20Cl2N2O4. The number of methoxy groups -OCH3 is 2. The number of hydrogen-bond acceptors (Lipinski definition) is 4. The van der Waals surface area contributed by atoms with Crippen LogP contribution in [-0.4, -0.2) is 44.0 Å². The molecule has 0 atom stereocenters. The van der Waals surface area contributed by atoms with Crippen molar-refractivity contribution in [3.63, 3.8) is 0 Å². The fourth-order valence-electron chi connectivity index (χ4n) is 2.44. The number of ether oxygens (including phenoxy) is 2. The Morgan fingerprint density at radius 2 is 1.74 bits per heavy atom. The SMILES string of the molecule is CCN(CC(=O)Nc1c(Cl)cccc1Cl)C(=O)c1ccc(OC)cc1OC. The fourth-order valence-corrected chi connectivity index (χ4v) is 2.93. The van der Waals surface area contributed by atoms with E-state index in [1.54, 1.807) is 43.3 Å². The molecule has 2 aromatic carbocycles. The Balaban J connectivity index is 2.17. The molecule has 0 aliphatic rings. The summed E-state index contributed by atoms with van der Waals surface area (Å²) in [7, 11) is 2.99. The molecule has 144 valence electrons. The number of carbonyl (C=O) groups is 2. The highest BCUT2D eigenvalue weighted by Gasteiger charge is 2.22. The first-order valence-corrected chi connectivity index (χ1v) is 8.92. The smallest absolute Gasteiger partial charge is 0.258 e. The summed E-state index contributed by atoms with van der Waals surface area (Å²) in [5.41, 5.74) is 0.653. The lowest BCUT2D eigenvalue weighted by atomic mass is 10.1. The maximum Gasteiger partial charge on any atom is 0.258 e. The van der Waals surface area contributed by atoms with E-state index in [1.807, 2.05) is 0 Å². The second-order valence-electron chi connectivity index (χ2n) is 5.53. The van der Waals surface area contributed by atoms with E-state index in [-0.39, 0.29) is 12.5 Å². The zero-order chi connectivity index (χ0) is 20.0. The molecule has 0 heterocycles. The maximum absolute atomic E-state index is 12.9. The normalized spacial score (nSPS) is 10.3. The predicted molar refractivity (Wildman–Crippen MR) is 106 cm³/mol. The molecule has 1 N–H and O–H groups in total. The molecule has 0 aliphatic heterocycles. The Bertz CT molecular complexity index is 822. The van der Waals surface area contributed by atoms with Gasteiger partial charge >= 0.3 is 0 Å². The number of hydrogen-bond donors (Lipinski definition) is 1. The highest BCUT2D eigenvalue weighted by atomic mass is 35.5. The van der Waals surface area contributed by atoms with Crippen LogP contribution in [0.3, 0.4) is 0 Å². The summed E-state index contributed by atoms with van der Waals surface area (Å²) in [5.74, 6) is 0.190. The zero-order valence-corrected chi connectivity index (χ0v) is 16.7. The largest absolute Gasteiger partial charge is 0.497 e. The second kappa shape index (κ2) is 9.48. The summed E-state index contributed by atoms with van der Waals surface area (Å²) in [4.78, 5) is 26.6. The van der Waals surface area contributed by atoms with Crippen molar-refractivity contribution in [1.82, 2.24) is 4.90 Å². The van der Waals surface area contributed by atoms with Gasteiger partial charge in [0.1, 0.15) is 18.0 Å². The van der Waals surface area contributed by atoms with E-state index in [0.29, 0.717) is 39.3 Å². The highest BCUT2D eigenvalue weighted by molar-refractivity contribution is 6.39. The molecule has 0 spiro atoms. The zero-order valence-electron chi connectivity index (χ0n) is 15.2. The number of anilines is 1. The van der Waals surface area contributed by atoms with Crippen LogP contribution in [0.25, 0.3) is 0 Å². The number of carbonyl (C=O) groups excluding carboxylic acids is 2. The monoisotopic (exact) mass is 410 g/mol. The van der Waals surface area contributed by atoms with Crippen molar-refractivity contribution < 1.29 is 19.1 Å². The van der Waals surface area contributed by atoms with Crippen molar-refractivity contribution in [1.29, 1.82) is 0 Å². The van der Waals surface area contributed by atoms with Crippen molar-refractivity contribution >= 4 is 40.7 Å². The fraction of sp³-hybridized carbons (Fsp3) is 0.263. The van der Waals surface area contributed by atoms with E-state index in [1.165, 1.54) is 19.1 Å². The molecule has 2 amide bonds. The summed E-state index contributed by atoms with van der Waals surface area (Å²) in [6.45, 7) is 1.95. The Kier molecular flexibility index (Phi) is 7.33. The van der Waals surface area contributed by atoms with Crippen LogP contribution in [0.5, 0.6) is 11.5 Å². The predicted octanol–water partition coefficient (Wildman–Crippen LogP) is 4.11. The van der Waals surface area contributed by atoms with Gasteiger partial charge in [-0.3, -0.25) is 9.59 Å². The lowest BCUT2D eigenvalue weighted by Crippen LogP contribution is -2.38. The molecule has 0 saturated carbocycles. The van der Waals surface area contributed by atoms with Crippen LogP contribution in [0.2, 0.25) is 10.0 Å². The van der Waals surface area contributed by atoms with Crippen molar-refractivity contribution in [2.24, 2.45) is 0 Å². The molecular weight excluding hydrogens is 391 g/mol. The topological polar surface area (TPSA) is 67.9 Å². The van der Waals surface area contributed by atoms with E-state index >= 15 is 0 Å². The lowest BCUT2D eigenvalue weighted by Gasteiger charge is -2.22. The van der Waals surface area contributed by atoms with Gasteiger partial charge in [0, 0.05) is 12.6 Å². The number of para-hydroxylation sites is 1. The Morgan fingerprint density at radius 1 is 1.07 bits per heavy atom. The van der Waals surface area contributed by atoms with Gasteiger partial charge in [0.2, 0.25) is 5.91 Å². The molecule has 0 saturated heterocycles. The standard InChI is InChI=1S/C19H20Cl2N2O4/c1-4-23(11-17(24)22-18-14(20)6-5-7-15(18)21)19(25)13-9-8-12(26-2)10-16(13)27-3/h5-10H,4,11H2,1-3H3,(H,22,24). The summed E-state index contributed by atoms with van der Waals surface area (Å²) < 4.78 is 10.4. The third-order valence-corrected chi connectivity index (χ3v) is 4.50. The Morgan fingerprint density at radius 3 is 2.30 bits per heavy atom. The van der Waals surface area contributed by atoms with Gasteiger partial charge in [-0.25, -0.2) is 0 Å². The Hall–Kier alpha value is -2.44. The van der Waals surface area contributed by atoms with Gasteiger partial charge < -0.3 is 19.7 Å². The molecule has 8 heteroatoms. The number of nitrogens with one attached hydrogen (secondary N) is 1. The average Bonchev–Trinajstić information content (AvgIpc) is 2.68. The number of halogens is 2. The molecule has 0 unspecified atom stereocenters. The number of benzene rings is 2. The van der Waals surface area contributed by atoms with Crippen LogP contribution in [0.15, 0.2) is 36.4 Å². The van der Waals surface area contributed by atoms with E-state index in [0.717, 1.165) is 0 Å². The van der Waals surface area contributed by atoms with Gasteiger partial charge in [-0.1, -0.05) is 29.3 Å². The van der Waals surface area contributed by atoms with Gasteiger partial charge in [-0.2, -0.15) is 0 Å². The van der Waals surface area contributed by atoms with Crippen LogP contribution < -0.4 is 14.8 Å². The van der Waals surface area contributed by atoms with Crippen molar-refractivity contribution in [3.05, 3.63) is 52.0 Å². The minimum absolute atomic E-state index is 0.161. The minimum Gasteiger partial charge on any atom is -0.497 e. The number of nitrogens with zero attached hydrogens (tertiary/aromatic N) is 1. The lowest BCUT2D eigenvalue weighted by molar-refractivity contribution is -0.116.